The van der Waals surface area contributed by atoms with Crippen molar-refractivity contribution in [2.45, 2.75) is 6.42 Å². The van der Waals surface area contributed by atoms with E-state index in [1.54, 1.807) is 23.5 Å². The van der Waals surface area contributed by atoms with Gasteiger partial charge in [0.2, 0.25) is 5.91 Å². The Labute approximate surface area is 183 Å². The first-order valence-corrected chi connectivity index (χ1v) is 10.9. The average molecular weight is 443 g/mol. The van der Waals surface area contributed by atoms with Crippen LogP contribution in [0.1, 0.15) is 20.8 Å². The number of amides is 2. The number of benzene rings is 1. The van der Waals surface area contributed by atoms with Crippen molar-refractivity contribution >= 4 is 46.6 Å². The second-order valence-electron chi connectivity index (χ2n) is 7.11. The Morgan fingerprint density at radius 2 is 2.03 bits per heavy atom. The molecule has 0 radical (unpaired) electrons. The van der Waals surface area contributed by atoms with E-state index in [9.17, 15) is 9.59 Å². The lowest BCUT2D eigenvalue weighted by atomic mass is 9.99. The van der Waals surface area contributed by atoms with Gasteiger partial charge in [-0.1, -0.05) is 6.07 Å². The Morgan fingerprint density at radius 1 is 1.23 bits per heavy atom. The fraction of sp³-hybridized carbons (Fsp3) is 0.286. The van der Waals surface area contributed by atoms with Crippen LogP contribution in [0, 0.1) is 0 Å². The Balaban J connectivity index is 1.55. The molecule has 0 saturated carbocycles. The van der Waals surface area contributed by atoms with Gasteiger partial charge in [-0.05, 0) is 60.1 Å². The molecule has 4 rings (SSSR count). The molecule has 0 atom stereocenters. The SMILES string of the molecule is NC(=O)c1ccc(-c2ccc(/C=C3\NC(=S)NC3=O)s2)cc1CCN1CCOCC1. The Bertz CT molecular complexity index is 1030. The smallest absolute Gasteiger partial charge is 0.273 e. The van der Waals surface area contributed by atoms with Crippen LogP contribution in [-0.2, 0) is 16.0 Å². The van der Waals surface area contributed by atoms with Crippen molar-refractivity contribution in [1.29, 1.82) is 0 Å². The summed E-state index contributed by atoms with van der Waals surface area (Å²) < 4.78 is 5.40. The first-order chi connectivity index (χ1) is 14.5. The molecule has 1 aromatic heterocycles. The molecule has 30 heavy (non-hydrogen) atoms. The van der Waals surface area contributed by atoms with Gasteiger partial charge in [-0.15, -0.1) is 11.3 Å². The lowest BCUT2D eigenvalue weighted by molar-refractivity contribution is -0.115. The quantitative estimate of drug-likeness (QED) is 0.466. The highest BCUT2D eigenvalue weighted by Gasteiger charge is 2.20. The van der Waals surface area contributed by atoms with Gasteiger partial charge >= 0.3 is 0 Å². The normalized spacial score (nSPS) is 18.5. The number of rotatable bonds is 6. The van der Waals surface area contributed by atoms with Gasteiger partial charge in [0.15, 0.2) is 5.11 Å². The number of hydrogen-bond acceptors (Lipinski definition) is 6. The Morgan fingerprint density at radius 3 is 2.73 bits per heavy atom. The van der Waals surface area contributed by atoms with Gasteiger partial charge in [-0.25, -0.2) is 0 Å². The molecule has 2 saturated heterocycles. The highest BCUT2D eigenvalue weighted by Crippen LogP contribution is 2.31. The van der Waals surface area contributed by atoms with E-state index in [1.807, 2.05) is 24.3 Å². The molecule has 2 aliphatic rings. The van der Waals surface area contributed by atoms with Gasteiger partial charge in [0.05, 0.1) is 13.2 Å². The molecule has 2 amide bonds. The molecule has 7 nitrogen and oxygen atoms in total. The van der Waals surface area contributed by atoms with Crippen LogP contribution in [-0.4, -0.2) is 54.7 Å². The zero-order chi connectivity index (χ0) is 21.1. The van der Waals surface area contributed by atoms with Crippen LogP contribution in [0.15, 0.2) is 36.0 Å². The van der Waals surface area contributed by atoms with E-state index in [0.29, 0.717) is 16.4 Å². The minimum absolute atomic E-state index is 0.230. The van der Waals surface area contributed by atoms with Crippen molar-refractivity contribution in [2.24, 2.45) is 5.73 Å². The number of hydrogen-bond donors (Lipinski definition) is 3. The molecule has 0 bridgehead atoms. The topological polar surface area (TPSA) is 96.7 Å². The summed E-state index contributed by atoms with van der Waals surface area (Å²) in [7, 11) is 0. The number of nitrogens with two attached hydrogens (primary N) is 1. The second kappa shape index (κ2) is 9.05. The number of primary amides is 1. The maximum absolute atomic E-state index is 11.9. The predicted molar refractivity (Wildman–Crippen MR) is 121 cm³/mol. The molecule has 0 spiro atoms. The fourth-order valence-electron chi connectivity index (χ4n) is 3.51. The van der Waals surface area contributed by atoms with Crippen molar-refractivity contribution in [3.8, 4) is 10.4 Å². The molecule has 2 aliphatic heterocycles. The minimum atomic E-state index is -0.413. The Kier molecular flexibility index (Phi) is 6.24. The van der Waals surface area contributed by atoms with Gasteiger partial charge in [0.25, 0.3) is 5.91 Å². The van der Waals surface area contributed by atoms with Crippen molar-refractivity contribution in [2.75, 3.05) is 32.8 Å². The van der Waals surface area contributed by atoms with Gasteiger partial charge in [-0.2, -0.15) is 0 Å². The van der Waals surface area contributed by atoms with Crippen molar-refractivity contribution in [3.05, 3.63) is 52.0 Å². The number of thiophene rings is 1. The summed E-state index contributed by atoms with van der Waals surface area (Å²) in [5, 5.41) is 5.72. The zero-order valence-electron chi connectivity index (χ0n) is 16.3. The number of morpholine rings is 1. The number of ether oxygens (including phenoxy) is 1. The second-order valence-corrected chi connectivity index (χ2v) is 8.63. The molecule has 2 fully saturated rings. The first kappa shape index (κ1) is 20.7. The van der Waals surface area contributed by atoms with Crippen LogP contribution >= 0.6 is 23.6 Å². The van der Waals surface area contributed by atoms with E-state index in [1.165, 1.54) is 0 Å². The summed E-state index contributed by atoms with van der Waals surface area (Å²) in [5.74, 6) is -0.643. The molecule has 9 heteroatoms. The number of thiocarbonyl (C=S) groups is 1. The highest BCUT2D eigenvalue weighted by atomic mass is 32.1. The van der Waals surface area contributed by atoms with Crippen LogP contribution in [0.3, 0.4) is 0 Å². The van der Waals surface area contributed by atoms with Crippen LogP contribution in [0.4, 0.5) is 0 Å². The molecule has 0 unspecified atom stereocenters. The number of nitrogens with zero attached hydrogens (tertiary/aromatic N) is 1. The minimum Gasteiger partial charge on any atom is -0.379 e. The molecule has 2 aromatic rings. The van der Waals surface area contributed by atoms with Gasteiger partial charge in [0, 0.05) is 35.0 Å². The van der Waals surface area contributed by atoms with E-state index in [-0.39, 0.29) is 5.91 Å². The molecule has 156 valence electrons. The molecular formula is C21H22N4O3S2. The van der Waals surface area contributed by atoms with Gasteiger partial charge in [-0.3, -0.25) is 19.8 Å². The zero-order valence-corrected chi connectivity index (χ0v) is 17.9. The largest absolute Gasteiger partial charge is 0.379 e. The van der Waals surface area contributed by atoms with Crippen molar-refractivity contribution < 1.29 is 14.3 Å². The van der Waals surface area contributed by atoms with Crippen LogP contribution in [0.25, 0.3) is 16.5 Å². The Hall–Kier alpha value is -2.59. The van der Waals surface area contributed by atoms with Crippen molar-refractivity contribution in [1.82, 2.24) is 15.5 Å². The molecule has 1 aromatic carbocycles. The summed E-state index contributed by atoms with van der Waals surface area (Å²) >= 11 is 6.52. The average Bonchev–Trinajstić information content (AvgIpc) is 3.33. The van der Waals surface area contributed by atoms with Crippen LogP contribution in [0.5, 0.6) is 0 Å². The fourth-order valence-corrected chi connectivity index (χ4v) is 4.66. The summed E-state index contributed by atoms with van der Waals surface area (Å²) in [6.45, 7) is 4.15. The third kappa shape index (κ3) is 4.76. The summed E-state index contributed by atoms with van der Waals surface area (Å²) in [4.78, 5) is 28.1. The summed E-state index contributed by atoms with van der Waals surface area (Å²) in [6.07, 6.45) is 2.52. The van der Waals surface area contributed by atoms with Crippen LogP contribution < -0.4 is 16.4 Å². The van der Waals surface area contributed by atoms with E-state index in [4.69, 9.17) is 22.7 Å². The lowest BCUT2D eigenvalue weighted by Crippen LogP contribution is -2.37. The third-order valence-electron chi connectivity index (χ3n) is 5.09. The predicted octanol–water partition coefficient (Wildman–Crippen LogP) is 1.73. The van der Waals surface area contributed by atoms with E-state index >= 15 is 0 Å². The molecule has 0 aliphatic carbocycles. The standard InChI is InChI=1S/C21H22N4O3S2/c22-19(26)16-3-1-14(11-13(16)5-6-25-7-9-28-10-8-25)18-4-2-15(30-18)12-17-20(27)24-21(29)23-17/h1-4,11-12H,5-10H2,(H2,22,26)(H2,23,24,27,29)/b17-12-. The van der Waals surface area contributed by atoms with Gasteiger partial charge < -0.3 is 15.8 Å². The maximum Gasteiger partial charge on any atom is 0.273 e. The lowest BCUT2D eigenvalue weighted by Gasteiger charge is -2.26. The van der Waals surface area contributed by atoms with Gasteiger partial charge in [0.1, 0.15) is 5.70 Å². The monoisotopic (exact) mass is 442 g/mol. The molecule has 4 N–H and O–H groups in total. The molecular weight excluding hydrogens is 420 g/mol. The highest BCUT2D eigenvalue weighted by molar-refractivity contribution is 7.80. The maximum atomic E-state index is 11.9. The van der Waals surface area contributed by atoms with E-state index in [2.05, 4.69) is 15.5 Å². The van der Waals surface area contributed by atoms with Crippen LogP contribution in [0.2, 0.25) is 0 Å². The van der Waals surface area contributed by atoms with E-state index < -0.39 is 5.91 Å². The third-order valence-corrected chi connectivity index (χ3v) is 6.38. The van der Waals surface area contributed by atoms with Crippen molar-refractivity contribution in [3.63, 3.8) is 0 Å². The van der Waals surface area contributed by atoms with E-state index in [0.717, 1.165) is 60.2 Å². The summed E-state index contributed by atoms with van der Waals surface area (Å²) in [6, 6.07) is 9.72. The first-order valence-electron chi connectivity index (χ1n) is 9.66. The number of nitrogens with one attached hydrogen (secondary N) is 2. The number of carbonyl (C=O) groups is 2. The summed E-state index contributed by atoms with van der Waals surface area (Å²) in [5.41, 5.74) is 8.56. The number of carbonyl (C=O) groups excluding carboxylic acids is 2. The molecule has 3 heterocycles.